The Morgan fingerprint density at radius 2 is 1.72 bits per heavy atom. The molecule has 25 heavy (non-hydrogen) atoms. The molecule has 2 aliphatic rings. The minimum atomic E-state index is -3.68. The Balaban J connectivity index is 1.80. The summed E-state index contributed by atoms with van der Waals surface area (Å²) in [4.78, 5) is 14.9. The number of sulfonamides is 1. The zero-order valence-corrected chi connectivity index (χ0v) is 15.0. The molecule has 134 valence electrons. The van der Waals surface area contributed by atoms with E-state index in [1.807, 2.05) is 0 Å². The van der Waals surface area contributed by atoms with E-state index in [0.29, 0.717) is 38.9 Å². The number of hydrogen-bond acceptors (Lipinski definition) is 4. The van der Waals surface area contributed by atoms with Gasteiger partial charge in [0.1, 0.15) is 6.04 Å². The zero-order valence-electron chi connectivity index (χ0n) is 14.2. The maximum atomic E-state index is 13.0. The van der Waals surface area contributed by atoms with E-state index in [9.17, 15) is 13.2 Å². The first-order valence-corrected chi connectivity index (χ1v) is 10.2. The Morgan fingerprint density at radius 3 is 2.36 bits per heavy atom. The summed E-state index contributed by atoms with van der Waals surface area (Å²) >= 11 is 0. The van der Waals surface area contributed by atoms with Gasteiger partial charge >= 0.3 is 0 Å². The summed E-state index contributed by atoms with van der Waals surface area (Å²) in [7, 11) is -3.68. The molecule has 2 fully saturated rings. The van der Waals surface area contributed by atoms with Crippen LogP contribution < -0.4 is 0 Å². The van der Waals surface area contributed by atoms with Crippen molar-refractivity contribution < 1.29 is 13.2 Å². The van der Waals surface area contributed by atoms with Gasteiger partial charge in [-0.2, -0.15) is 9.57 Å². The van der Waals surface area contributed by atoms with Crippen LogP contribution >= 0.6 is 0 Å². The molecule has 2 saturated heterocycles. The second-order valence-corrected chi connectivity index (χ2v) is 8.56. The van der Waals surface area contributed by atoms with Gasteiger partial charge < -0.3 is 4.90 Å². The van der Waals surface area contributed by atoms with Gasteiger partial charge in [0.05, 0.1) is 11.0 Å². The largest absolute Gasteiger partial charge is 0.341 e. The first kappa shape index (κ1) is 17.9. The van der Waals surface area contributed by atoms with E-state index in [0.717, 1.165) is 12.8 Å². The van der Waals surface area contributed by atoms with Gasteiger partial charge in [-0.15, -0.1) is 0 Å². The molecule has 1 aromatic carbocycles. The molecule has 2 heterocycles. The highest BCUT2D eigenvalue weighted by Gasteiger charge is 2.40. The van der Waals surface area contributed by atoms with Crippen LogP contribution in [0.5, 0.6) is 0 Å². The fourth-order valence-corrected chi connectivity index (χ4v) is 5.28. The van der Waals surface area contributed by atoms with E-state index in [4.69, 9.17) is 5.26 Å². The van der Waals surface area contributed by atoms with Crippen molar-refractivity contribution in [2.45, 2.75) is 43.0 Å². The smallest absolute Gasteiger partial charge is 0.243 e. The summed E-state index contributed by atoms with van der Waals surface area (Å²) < 4.78 is 27.4. The van der Waals surface area contributed by atoms with E-state index in [-0.39, 0.29) is 16.7 Å². The van der Waals surface area contributed by atoms with E-state index in [2.05, 4.69) is 6.07 Å². The quantitative estimate of drug-likeness (QED) is 0.824. The molecule has 0 radical (unpaired) electrons. The first-order chi connectivity index (χ1) is 12.0. The number of carbonyl (C=O) groups excluding carboxylic acids is 1. The summed E-state index contributed by atoms with van der Waals surface area (Å²) in [5.74, 6) is -0.116. The van der Waals surface area contributed by atoms with Crippen LogP contribution in [0, 0.1) is 17.2 Å². The fourth-order valence-electron chi connectivity index (χ4n) is 3.61. The fraction of sp³-hybridized carbons (Fsp3) is 0.556. The maximum absolute atomic E-state index is 13.0. The summed E-state index contributed by atoms with van der Waals surface area (Å²) in [6.45, 7) is 1.45. The van der Waals surface area contributed by atoms with Crippen LogP contribution in [0.1, 0.15) is 32.1 Å². The highest BCUT2D eigenvalue weighted by molar-refractivity contribution is 7.89. The Kier molecular flexibility index (Phi) is 5.40. The average Bonchev–Trinajstić information content (AvgIpc) is 2.68. The predicted octanol–water partition coefficient (Wildman–Crippen LogP) is 1.99. The van der Waals surface area contributed by atoms with Gasteiger partial charge in [-0.05, 0) is 37.8 Å². The number of amides is 1. The van der Waals surface area contributed by atoms with Crippen molar-refractivity contribution in [3.05, 3.63) is 30.3 Å². The van der Waals surface area contributed by atoms with Crippen LogP contribution in [-0.2, 0) is 14.8 Å². The van der Waals surface area contributed by atoms with Crippen LogP contribution in [0.15, 0.2) is 35.2 Å². The standard InChI is InChI=1S/C18H23N3O3S/c19-14-15-9-12-20(13-10-15)18(22)17-8-4-5-11-21(17)25(23,24)16-6-2-1-3-7-16/h1-3,6-7,15,17H,4-5,8-13H2. The molecule has 0 bridgehead atoms. The topological polar surface area (TPSA) is 81.5 Å². The third-order valence-corrected chi connectivity index (χ3v) is 7.00. The molecule has 7 heteroatoms. The minimum absolute atomic E-state index is 0.000407. The molecule has 1 aromatic rings. The average molecular weight is 361 g/mol. The molecular weight excluding hydrogens is 338 g/mol. The van der Waals surface area contributed by atoms with Crippen molar-refractivity contribution >= 4 is 15.9 Å². The number of hydrogen-bond donors (Lipinski definition) is 0. The van der Waals surface area contributed by atoms with Crippen LogP contribution in [-0.4, -0.2) is 49.2 Å². The number of benzene rings is 1. The minimum Gasteiger partial charge on any atom is -0.341 e. The lowest BCUT2D eigenvalue weighted by Crippen LogP contribution is -2.54. The lowest BCUT2D eigenvalue weighted by Gasteiger charge is -2.38. The van der Waals surface area contributed by atoms with Crippen LogP contribution in [0.2, 0.25) is 0 Å². The van der Waals surface area contributed by atoms with Gasteiger partial charge in [0.25, 0.3) is 0 Å². The Labute approximate surface area is 149 Å². The van der Waals surface area contributed by atoms with Crippen molar-refractivity contribution in [1.29, 1.82) is 5.26 Å². The van der Waals surface area contributed by atoms with Crippen molar-refractivity contribution in [2.75, 3.05) is 19.6 Å². The van der Waals surface area contributed by atoms with E-state index in [1.54, 1.807) is 35.2 Å². The van der Waals surface area contributed by atoms with Gasteiger partial charge in [0, 0.05) is 25.6 Å². The van der Waals surface area contributed by atoms with Crippen molar-refractivity contribution in [3.63, 3.8) is 0 Å². The molecule has 1 amide bonds. The summed E-state index contributed by atoms with van der Waals surface area (Å²) in [6.07, 6.45) is 3.52. The molecule has 0 spiro atoms. The van der Waals surface area contributed by atoms with E-state index in [1.165, 1.54) is 4.31 Å². The molecule has 2 aliphatic heterocycles. The lowest BCUT2D eigenvalue weighted by atomic mass is 9.97. The van der Waals surface area contributed by atoms with E-state index < -0.39 is 16.1 Å². The maximum Gasteiger partial charge on any atom is 0.243 e. The van der Waals surface area contributed by atoms with Crippen LogP contribution in [0.3, 0.4) is 0 Å². The first-order valence-electron chi connectivity index (χ1n) is 8.79. The van der Waals surface area contributed by atoms with Gasteiger partial charge in [0.2, 0.25) is 15.9 Å². The number of nitriles is 1. The normalized spacial score (nSPS) is 23.2. The predicted molar refractivity (Wildman–Crippen MR) is 92.9 cm³/mol. The molecule has 3 rings (SSSR count). The number of carbonyl (C=O) groups is 1. The van der Waals surface area contributed by atoms with Crippen molar-refractivity contribution in [2.24, 2.45) is 5.92 Å². The van der Waals surface area contributed by atoms with E-state index >= 15 is 0 Å². The number of likely N-dealkylation sites (tertiary alicyclic amines) is 1. The molecule has 0 aliphatic carbocycles. The molecule has 6 nitrogen and oxygen atoms in total. The summed E-state index contributed by atoms with van der Waals surface area (Å²) in [5.41, 5.74) is 0. The Bertz CT molecular complexity index is 750. The highest BCUT2D eigenvalue weighted by Crippen LogP contribution is 2.28. The second-order valence-electron chi connectivity index (χ2n) is 6.67. The molecule has 1 unspecified atom stereocenters. The molecular formula is C18H23N3O3S. The SMILES string of the molecule is N#CC1CCN(C(=O)C2CCCCN2S(=O)(=O)c2ccccc2)CC1. The van der Waals surface area contributed by atoms with Gasteiger partial charge in [-0.1, -0.05) is 24.6 Å². The van der Waals surface area contributed by atoms with Crippen LogP contribution in [0.25, 0.3) is 0 Å². The lowest BCUT2D eigenvalue weighted by molar-refractivity contribution is -0.137. The second kappa shape index (κ2) is 7.54. The van der Waals surface area contributed by atoms with Crippen LogP contribution in [0.4, 0.5) is 0 Å². The Morgan fingerprint density at radius 1 is 1.04 bits per heavy atom. The third-order valence-electron chi connectivity index (χ3n) is 5.08. The zero-order chi connectivity index (χ0) is 17.9. The summed E-state index contributed by atoms with van der Waals surface area (Å²) in [5, 5.41) is 9.00. The van der Waals surface area contributed by atoms with Gasteiger partial charge in [0.15, 0.2) is 0 Å². The highest BCUT2D eigenvalue weighted by atomic mass is 32.2. The number of nitrogens with zero attached hydrogens (tertiary/aromatic N) is 3. The molecule has 1 atom stereocenters. The van der Waals surface area contributed by atoms with Crippen molar-refractivity contribution in [1.82, 2.24) is 9.21 Å². The molecule has 0 aromatic heterocycles. The third kappa shape index (κ3) is 3.70. The Hall–Kier alpha value is -1.91. The molecule has 0 saturated carbocycles. The van der Waals surface area contributed by atoms with Gasteiger partial charge in [-0.25, -0.2) is 8.42 Å². The number of piperidine rings is 2. The molecule has 0 N–H and O–H groups in total. The summed E-state index contributed by atoms with van der Waals surface area (Å²) in [6, 6.07) is 9.94. The van der Waals surface area contributed by atoms with Gasteiger partial charge in [-0.3, -0.25) is 4.79 Å². The number of rotatable bonds is 3. The van der Waals surface area contributed by atoms with Crippen molar-refractivity contribution in [3.8, 4) is 6.07 Å². The monoisotopic (exact) mass is 361 g/mol.